The summed E-state index contributed by atoms with van der Waals surface area (Å²) in [6.07, 6.45) is 2.26. The van der Waals surface area contributed by atoms with Crippen LogP contribution in [0.5, 0.6) is 0 Å². The highest BCUT2D eigenvalue weighted by molar-refractivity contribution is 5.77. The molecule has 0 spiro atoms. The Bertz CT molecular complexity index is 578. The molecule has 2 N–H and O–H groups in total. The predicted molar refractivity (Wildman–Crippen MR) is 88.5 cm³/mol. The number of aliphatic carboxylic acids is 1. The van der Waals surface area contributed by atoms with E-state index in [1.165, 1.54) is 0 Å². The molecule has 2 bridgehead atoms. The van der Waals surface area contributed by atoms with Gasteiger partial charge in [0, 0.05) is 19.6 Å². The van der Waals surface area contributed by atoms with Crippen LogP contribution < -0.4 is 5.32 Å². The zero-order valence-electron chi connectivity index (χ0n) is 13.7. The van der Waals surface area contributed by atoms with Gasteiger partial charge in [0.2, 0.25) is 0 Å². The maximum Gasteiger partial charge on any atom is 0.407 e. The number of alkyl carbamates (subject to hydrolysis) is 1. The predicted octanol–water partition coefficient (Wildman–Crippen LogP) is 2.10. The van der Waals surface area contributed by atoms with Crippen LogP contribution in [-0.4, -0.2) is 48.2 Å². The summed E-state index contributed by atoms with van der Waals surface area (Å²) in [7, 11) is 0. The standard InChI is InChI=1S/C18H24N2O4/c21-16(22)18(9-15-7-4-8-20(10-15)13-18)12-19-17(23)24-11-14-5-2-1-3-6-14/h1-3,5-6,15H,4,7-13H2,(H,19,23)(H,21,22). The number of benzene rings is 1. The highest BCUT2D eigenvalue weighted by Crippen LogP contribution is 2.37. The SMILES string of the molecule is O=C(NCC1(C(=O)O)CC2CCCN(C2)C1)OCc1ccccc1. The summed E-state index contributed by atoms with van der Waals surface area (Å²) in [5.74, 6) is -0.423. The second kappa shape index (κ2) is 7.21. The van der Waals surface area contributed by atoms with Crippen molar-refractivity contribution in [2.75, 3.05) is 26.2 Å². The van der Waals surface area contributed by atoms with E-state index in [-0.39, 0.29) is 13.2 Å². The number of carboxylic acids is 1. The Morgan fingerprint density at radius 1 is 1.33 bits per heavy atom. The van der Waals surface area contributed by atoms with Gasteiger partial charge in [-0.05, 0) is 37.3 Å². The van der Waals surface area contributed by atoms with Crippen molar-refractivity contribution in [1.29, 1.82) is 0 Å². The Morgan fingerprint density at radius 3 is 2.83 bits per heavy atom. The maximum absolute atomic E-state index is 11.9. The van der Waals surface area contributed by atoms with Crippen molar-refractivity contribution in [3.63, 3.8) is 0 Å². The molecule has 3 unspecified atom stereocenters. The fourth-order valence-corrected chi connectivity index (χ4v) is 3.88. The van der Waals surface area contributed by atoms with Gasteiger partial charge in [0.15, 0.2) is 0 Å². The molecule has 1 aromatic carbocycles. The number of rotatable bonds is 5. The molecule has 3 rings (SSSR count). The third-order valence-electron chi connectivity index (χ3n) is 5.05. The van der Waals surface area contributed by atoms with Gasteiger partial charge in [-0.1, -0.05) is 30.3 Å². The minimum Gasteiger partial charge on any atom is -0.481 e. The second-order valence-corrected chi connectivity index (χ2v) is 6.95. The molecule has 2 fully saturated rings. The van der Waals surface area contributed by atoms with Crippen molar-refractivity contribution in [3.05, 3.63) is 35.9 Å². The summed E-state index contributed by atoms with van der Waals surface area (Å²) in [5.41, 5.74) is -0.00587. The molecule has 24 heavy (non-hydrogen) atoms. The van der Waals surface area contributed by atoms with Crippen molar-refractivity contribution in [2.45, 2.75) is 25.9 Å². The zero-order valence-corrected chi connectivity index (χ0v) is 13.7. The molecule has 3 atom stereocenters. The van der Waals surface area contributed by atoms with Gasteiger partial charge in [0.25, 0.3) is 0 Å². The number of fused-ring (bicyclic) bond motifs is 2. The first-order chi connectivity index (χ1) is 11.6. The van der Waals surface area contributed by atoms with Crippen LogP contribution in [0.3, 0.4) is 0 Å². The van der Waals surface area contributed by atoms with E-state index >= 15 is 0 Å². The first-order valence-electron chi connectivity index (χ1n) is 8.48. The minimum absolute atomic E-state index is 0.114. The largest absolute Gasteiger partial charge is 0.481 e. The van der Waals surface area contributed by atoms with E-state index in [1.54, 1.807) is 0 Å². The number of nitrogens with one attached hydrogen (secondary N) is 1. The third-order valence-corrected chi connectivity index (χ3v) is 5.05. The number of carboxylic acid groups (broad SMARTS) is 1. The molecule has 0 aliphatic carbocycles. The molecule has 130 valence electrons. The van der Waals surface area contributed by atoms with Gasteiger partial charge in [-0.3, -0.25) is 4.79 Å². The van der Waals surface area contributed by atoms with E-state index in [1.807, 2.05) is 30.3 Å². The highest BCUT2D eigenvalue weighted by atomic mass is 16.5. The van der Waals surface area contributed by atoms with Crippen molar-refractivity contribution in [3.8, 4) is 0 Å². The van der Waals surface area contributed by atoms with Gasteiger partial charge in [-0.25, -0.2) is 4.79 Å². The smallest absolute Gasteiger partial charge is 0.407 e. The summed E-state index contributed by atoms with van der Waals surface area (Å²) in [6, 6.07) is 9.41. The van der Waals surface area contributed by atoms with Gasteiger partial charge >= 0.3 is 12.1 Å². The number of nitrogens with zero attached hydrogens (tertiary/aromatic N) is 1. The zero-order chi connectivity index (χ0) is 17.0. The number of piperidine rings is 2. The molecular formula is C18H24N2O4. The van der Waals surface area contributed by atoms with Crippen LogP contribution in [0.4, 0.5) is 4.79 Å². The van der Waals surface area contributed by atoms with E-state index in [9.17, 15) is 14.7 Å². The monoisotopic (exact) mass is 332 g/mol. The number of carbonyl (C=O) groups excluding carboxylic acids is 1. The Labute approximate surface area is 141 Å². The normalized spacial score (nSPS) is 28.8. The quantitative estimate of drug-likeness (QED) is 0.863. The Morgan fingerprint density at radius 2 is 2.12 bits per heavy atom. The molecule has 2 aliphatic heterocycles. The van der Waals surface area contributed by atoms with Gasteiger partial charge in [0.05, 0.1) is 5.41 Å². The summed E-state index contributed by atoms with van der Waals surface area (Å²) in [5, 5.41) is 12.4. The van der Waals surface area contributed by atoms with Gasteiger partial charge < -0.3 is 20.1 Å². The number of carbonyl (C=O) groups is 2. The van der Waals surface area contributed by atoms with Gasteiger partial charge in [-0.2, -0.15) is 0 Å². The highest BCUT2D eigenvalue weighted by Gasteiger charge is 2.47. The molecule has 2 aliphatic rings. The summed E-state index contributed by atoms with van der Waals surface area (Å²) in [6.45, 7) is 2.72. The molecule has 6 nitrogen and oxygen atoms in total. The molecule has 6 heteroatoms. The molecule has 0 radical (unpaired) electrons. The Balaban J connectivity index is 1.54. The first kappa shape index (κ1) is 16.8. The fraction of sp³-hybridized carbons (Fsp3) is 0.556. The van der Waals surface area contributed by atoms with Crippen molar-refractivity contribution in [2.24, 2.45) is 11.3 Å². The molecule has 1 aromatic rings. The summed E-state index contributed by atoms with van der Waals surface area (Å²) < 4.78 is 5.18. The Kier molecular flexibility index (Phi) is 5.04. The van der Waals surface area contributed by atoms with Crippen molar-refractivity contribution >= 4 is 12.1 Å². The molecule has 2 heterocycles. The van der Waals surface area contributed by atoms with Crippen LogP contribution in [0.15, 0.2) is 30.3 Å². The number of hydrogen-bond donors (Lipinski definition) is 2. The fourth-order valence-electron chi connectivity index (χ4n) is 3.88. The lowest BCUT2D eigenvalue weighted by atomic mass is 9.72. The van der Waals surface area contributed by atoms with E-state index in [0.29, 0.717) is 18.9 Å². The maximum atomic E-state index is 11.9. The van der Waals surface area contributed by atoms with Crippen LogP contribution in [-0.2, 0) is 16.1 Å². The van der Waals surface area contributed by atoms with Crippen molar-refractivity contribution < 1.29 is 19.4 Å². The van der Waals surface area contributed by atoms with E-state index in [4.69, 9.17) is 4.74 Å². The molecular weight excluding hydrogens is 308 g/mol. The molecule has 0 aromatic heterocycles. The summed E-state index contributed by atoms with van der Waals surface area (Å²) >= 11 is 0. The van der Waals surface area contributed by atoms with Crippen LogP contribution in [0, 0.1) is 11.3 Å². The lowest BCUT2D eigenvalue weighted by Gasteiger charge is -2.46. The van der Waals surface area contributed by atoms with Crippen LogP contribution in [0.2, 0.25) is 0 Å². The lowest BCUT2D eigenvalue weighted by molar-refractivity contribution is -0.155. The van der Waals surface area contributed by atoms with Crippen LogP contribution in [0.1, 0.15) is 24.8 Å². The van der Waals surface area contributed by atoms with Crippen molar-refractivity contribution in [1.82, 2.24) is 10.2 Å². The second-order valence-electron chi connectivity index (χ2n) is 6.95. The molecule has 2 saturated heterocycles. The number of hydrogen-bond acceptors (Lipinski definition) is 4. The van der Waals surface area contributed by atoms with E-state index < -0.39 is 17.5 Å². The minimum atomic E-state index is -0.908. The molecule has 0 saturated carbocycles. The topological polar surface area (TPSA) is 78.9 Å². The molecule has 1 amide bonds. The lowest BCUT2D eigenvalue weighted by Crippen LogP contribution is -2.57. The first-order valence-corrected chi connectivity index (χ1v) is 8.48. The van der Waals surface area contributed by atoms with Crippen LogP contribution >= 0.6 is 0 Å². The van der Waals surface area contributed by atoms with E-state index in [0.717, 1.165) is 31.5 Å². The van der Waals surface area contributed by atoms with Crippen LogP contribution in [0.25, 0.3) is 0 Å². The summed E-state index contributed by atoms with van der Waals surface area (Å²) in [4.78, 5) is 26.0. The van der Waals surface area contributed by atoms with Gasteiger partial charge in [0.1, 0.15) is 6.61 Å². The average molecular weight is 332 g/mol. The third kappa shape index (κ3) is 3.87. The number of ether oxygens (including phenoxy) is 1. The average Bonchev–Trinajstić information content (AvgIpc) is 2.58. The number of amides is 1. The Hall–Kier alpha value is -2.08. The van der Waals surface area contributed by atoms with Gasteiger partial charge in [-0.15, -0.1) is 0 Å². The van der Waals surface area contributed by atoms with E-state index in [2.05, 4.69) is 10.2 Å².